The molecule has 3 aromatic rings. The Bertz CT molecular complexity index is 777. The molecule has 0 aromatic carbocycles. The SMILES string of the molecule is Brc1ccc(CN(c2ncnc3[nH]ncc23)C2CCCC2)s1. The lowest BCUT2D eigenvalue weighted by atomic mass is 10.2. The van der Waals surface area contributed by atoms with Crippen molar-refractivity contribution in [3.63, 3.8) is 0 Å². The van der Waals surface area contributed by atoms with Gasteiger partial charge in [0.2, 0.25) is 0 Å². The van der Waals surface area contributed by atoms with Crippen molar-refractivity contribution in [2.45, 2.75) is 38.3 Å². The zero-order valence-corrected chi connectivity index (χ0v) is 14.4. The van der Waals surface area contributed by atoms with E-state index in [9.17, 15) is 0 Å². The topological polar surface area (TPSA) is 57.7 Å². The van der Waals surface area contributed by atoms with Crippen molar-refractivity contribution in [3.05, 3.63) is 33.3 Å². The average Bonchev–Trinajstić information content (AvgIpc) is 3.26. The van der Waals surface area contributed by atoms with Crippen LogP contribution >= 0.6 is 27.3 Å². The third kappa shape index (κ3) is 2.63. The van der Waals surface area contributed by atoms with Crippen molar-refractivity contribution >= 4 is 44.1 Å². The fraction of sp³-hybridized carbons (Fsp3) is 0.400. The number of anilines is 1. The van der Waals surface area contributed by atoms with Crippen LogP contribution in [0.2, 0.25) is 0 Å². The molecule has 0 spiro atoms. The smallest absolute Gasteiger partial charge is 0.160 e. The van der Waals surface area contributed by atoms with Gasteiger partial charge in [-0.2, -0.15) is 5.10 Å². The molecule has 0 unspecified atom stereocenters. The molecule has 114 valence electrons. The maximum Gasteiger partial charge on any atom is 0.160 e. The number of aromatic amines is 1. The number of halogens is 1. The van der Waals surface area contributed by atoms with Gasteiger partial charge in [0.1, 0.15) is 12.1 Å². The highest BCUT2D eigenvalue weighted by molar-refractivity contribution is 9.11. The molecule has 1 aliphatic rings. The van der Waals surface area contributed by atoms with E-state index in [-0.39, 0.29) is 0 Å². The first kappa shape index (κ1) is 14.1. The number of nitrogens with zero attached hydrogens (tertiary/aromatic N) is 4. The fourth-order valence-electron chi connectivity index (χ4n) is 3.18. The first-order valence-corrected chi connectivity index (χ1v) is 9.07. The maximum absolute atomic E-state index is 4.57. The van der Waals surface area contributed by atoms with Crippen LogP contribution in [0.25, 0.3) is 11.0 Å². The second-order valence-corrected chi connectivity index (χ2v) is 8.15. The lowest BCUT2D eigenvalue weighted by molar-refractivity contribution is 0.602. The van der Waals surface area contributed by atoms with Crippen LogP contribution in [0.3, 0.4) is 0 Å². The van der Waals surface area contributed by atoms with E-state index >= 15 is 0 Å². The van der Waals surface area contributed by atoms with E-state index in [2.05, 4.69) is 53.1 Å². The zero-order chi connectivity index (χ0) is 14.9. The Morgan fingerprint density at radius 2 is 2.14 bits per heavy atom. The molecule has 1 aliphatic carbocycles. The summed E-state index contributed by atoms with van der Waals surface area (Å²) < 4.78 is 1.17. The second-order valence-electron chi connectivity index (χ2n) is 5.60. The van der Waals surface area contributed by atoms with E-state index in [4.69, 9.17) is 0 Å². The molecular weight excluding hydrogens is 362 g/mol. The molecule has 0 amide bonds. The summed E-state index contributed by atoms with van der Waals surface area (Å²) in [5, 5.41) is 8.07. The van der Waals surface area contributed by atoms with Crippen molar-refractivity contribution in [2.75, 3.05) is 4.90 Å². The molecule has 5 nitrogen and oxygen atoms in total. The molecule has 22 heavy (non-hydrogen) atoms. The van der Waals surface area contributed by atoms with Gasteiger partial charge in [0.05, 0.1) is 21.9 Å². The van der Waals surface area contributed by atoms with Crippen LogP contribution in [0.5, 0.6) is 0 Å². The Hall–Kier alpha value is -1.47. The van der Waals surface area contributed by atoms with Gasteiger partial charge in [0, 0.05) is 10.9 Å². The van der Waals surface area contributed by atoms with Crippen LogP contribution in [0, 0.1) is 0 Å². The van der Waals surface area contributed by atoms with Gasteiger partial charge >= 0.3 is 0 Å². The van der Waals surface area contributed by atoms with Crippen LogP contribution in [0.15, 0.2) is 28.4 Å². The minimum Gasteiger partial charge on any atom is -0.348 e. The molecule has 1 saturated carbocycles. The fourth-order valence-corrected chi connectivity index (χ4v) is 4.66. The normalized spacial score (nSPS) is 15.7. The molecule has 1 fully saturated rings. The summed E-state index contributed by atoms with van der Waals surface area (Å²) in [5.74, 6) is 0.996. The van der Waals surface area contributed by atoms with Gasteiger partial charge in [-0.05, 0) is 40.9 Å². The molecule has 4 rings (SSSR count). The molecule has 3 aromatic heterocycles. The molecular formula is C15H16BrN5S. The summed E-state index contributed by atoms with van der Waals surface area (Å²) >= 11 is 5.34. The summed E-state index contributed by atoms with van der Waals surface area (Å²) in [6, 6.07) is 4.85. The molecule has 1 N–H and O–H groups in total. The Morgan fingerprint density at radius 3 is 2.91 bits per heavy atom. The summed E-state index contributed by atoms with van der Waals surface area (Å²) in [7, 11) is 0. The van der Waals surface area contributed by atoms with Gasteiger partial charge in [-0.15, -0.1) is 11.3 Å². The predicted molar refractivity (Wildman–Crippen MR) is 92.1 cm³/mol. The number of hydrogen-bond donors (Lipinski definition) is 1. The zero-order valence-electron chi connectivity index (χ0n) is 12.0. The molecule has 7 heteroatoms. The van der Waals surface area contributed by atoms with E-state index in [0.29, 0.717) is 6.04 Å². The van der Waals surface area contributed by atoms with E-state index < -0.39 is 0 Å². The van der Waals surface area contributed by atoms with Crippen LogP contribution in [0.4, 0.5) is 5.82 Å². The Balaban J connectivity index is 1.74. The highest BCUT2D eigenvalue weighted by Crippen LogP contribution is 2.33. The van der Waals surface area contributed by atoms with Crippen molar-refractivity contribution in [3.8, 4) is 0 Å². The van der Waals surface area contributed by atoms with Crippen molar-refractivity contribution in [1.82, 2.24) is 20.2 Å². The van der Waals surface area contributed by atoms with Crippen molar-refractivity contribution in [2.24, 2.45) is 0 Å². The first-order chi connectivity index (χ1) is 10.8. The highest BCUT2D eigenvalue weighted by atomic mass is 79.9. The molecule has 3 heterocycles. The predicted octanol–water partition coefficient (Wildman–Crippen LogP) is 4.13. The van der Waals surface area contributed by atoms with E-state index in [1.165, 1.54) is 34.3 Å². The highest BCUT2D eigenvalue weighted by Gasteiger charge is 2.26. The summed E-state index contributed by atoms with van der Waals surface area (Å²) in [5.41, 5.74) is 0.806. The number of fused-ring (bicyclic) bond motifs is 1. The molecule has 0 saturated heterocycles. The number of thiophene rings is 1. The average molecular weight is 378 g/mol. The number of rotatable bonds is 4. The monoisotopic (exact) mass is 377 g/mol. The largest absolute Gasteiger partial charge is 0.348 e. The van der Waals surface area contributed by atoms with Gasteiger partial charge in [-0.3, -0.25) is 5.10 Å². The van der Waals surface area contributed by atoms with E-state index in [1.807, 2.05) is 6.20 Å². The minimum absolute atomic E-state index is 0.550. The van der Waals surface area contributed by atoms with Crippen LogP contribution in [-0.2, 0) is 6.54 Å². The number of nitrogens with one attached hydrogen (secondary N) is 1. The van der Waals surface area contributed by atoms with Crippen molar-refractivity contribution in [1.29, 1.82) is 0 Å². The maximum atomic E-state index is 4.57. The van der Waals surface area contributed by atoms with Crippen LogP contribution in [-0.4, -0.2) is 26.2 Å². The second kappa shape index (κ2) is 5.96. The van der Waals surface area contributed by atoms with Gasteiger partial charge in [-0.25, -0.2) is 9.97 Å². The lowest BCUT2D eigenvalue weighted by Crippen LogP contribution is -2.33. The van der Waals surface area contributed by atoms with Gasteiger partial charge in [-0.1, -0.05) is 12.8 Å². The summed E-state index contributed by atoms with van der Waals surface area (Å²) in [6.45, 7) is 0.887. The van der Waals surface area contributed by atoms with E-state index in [0.717, 1.165) is 23.4 Å². The van der Waals surface area contributed by atoms with E-state index in [1.54, 1.807) is 17.7 Å². The lowest BCUT2D eigenvalue weighted by Gasteiger charge is -2.30. The molecule has 0 aliphatic heterocycles. The first-order valence-electron chi connectivity index (χ1n) is 7.46. The molecule has 0 radical (unpaired) electrons. The van der Waals surface area contributed by atoms with Gasteiger partial charge in [0.25, 0.3) is 0 Å². The number of H-pyrrole nitrogens is 1. The Labute approximate surface area is 140 Å². The minimum atomic E-state index is 0.550. The van der Waals surface area contributed by atoms with Gasteiger partial charge < -0.3 is 4.90 Å². The third-order valence-electron chi connectivity index (χ3n) is 4.22. The quantitative estimate of drug-likeness (QED) is 0.742. The van der Waals surface area contributed by atoms with Crippen molar-refractivity contribution < 1.29 is 0 Å². The Morgan fingerprint density at radius 1 is 1.27 bits per heavy atom. The summed E-state index contributed by atoms with van der Waals surface area (Å²) in [6.07, 6.45) is 8.52. The summed E-state index contributed by atoms with van der Waals surface area (Å²) in [4.78, 5) is 12.6. The number of aromatic nitrogens is 4. The molecule has 0 bridgehead atoms. The number of hydrogen-bond acceptors (Lipinski definition) is 5. The Kier molecular flexibility index (Phi) is 3.83. The van der Waals surface area contributed by atoms with Crippen LogP contribution < -0.4 is 4.90 Å². The molecule has 0 atom stereocenters. The third-order valence-corrected chi connectivity index (χ3v) is 5.83. The van der Waals surface area contributed by atoms with Gasteiger partial charge in [0.15, 0.2) is 5.65 Å². The van der Waals surface area contributed by atoms with Crippen LogP contribution in [0.1, 0.15) is 30.6 Å². The standard InChI is InChI=1S/C15H16BrN5S/c16-13-6-5-11(22-13)8-21(10-3-1-2-4-10)15-12-7-19-20-14(12)17-9-18-15/h5-7,9-10H,1-4,8H2,(H,17,18,19,20).